The van der Waals surface area contributed by atoms with Crippen molar-refractivity contribution in [3.8, 4) is 0 Å². The fourth-order valence-corrected chi connectivity index (χ4v) is 0.770. The molecule has 3 nitrogen and oxygen atoms in total. The predicted octanol–water partition coefficient (Wildman–Crippen LogP) is 1.31. The van der Waals surface area contributed by atoms with Gasteiger partial charge < -0.3 is 10.4 Å². The van der Waals surface area contributed by atoms with E-state index in [9.17, 15) is 4.79 Å². The van der Waals surface area contributed by atoms with Gasteiger partial charge in [-0.2, -0.15) is 0 Å². The van der Waals surface area contributed by atoms with Gasteiger partial charge in [0.25, 0.3) is 0 Å². The second-order valence-corrected chi connectivity index (χ2v) is 4.48. The summed E-state index contributed by atoms with van der Waals surface area (Å²) in [6.07, 6.45) is 0.958. The van der Waals surface area contributed by atoms with Crippen molar-refractivity contribution in [2.75, 3.05) is 6.61 Å². The average Bonchev–Trinajstić information content (AvgIpc) is 1.99. The first-order chi connectivity index (χ1) is 5.88. The van der Waals surface area contributed by atoms with Crippen molar-refractivity contribution in [3.05, 3.63) is 0 Å². The van der Waals surface area contributed by atoms with E-state index in [2.05, 4.69) is 26.1 Å². The normalized spacial score (nSPS) is 13.9. The van der Waals surface area contributed by atoms with Gasteiger partial charge in [0, 0.05) is 19.1 Å². The van der Waals surface area contributed by atoms with Gasteiger partial charge in [-0.3, -0.25) is 4.79 Å². The topological polar surface area (TPSA) is 49.3 Å². The van der Waals surface area contributed by atoms with Gasteiger partial charge in [0.05, 0.1) is 0 Å². The Morgan fingerprint density at radius 2 is 2.00 bits per heavy atom. The summed E-state index contributed by atoms with van der Waals surface area (Å²) in [5.41, 5.74) is 0.0921. The van der Waals surface area contributed by atoms with E-state index in [0.717, 1.165) is 0 Å². The summed E-state index contributed by atoms with van der Waals surface area (Å²) < 4.78 is 0. The molecule has 3 heteroatoms. The van der Waals surface area contributed by atoms with Crippen LogP contribution in [0.2, 0.25) is 0 Å². The molecule has 0 spiro atoms. The monoisotopic (exact) mass is 187 g/mol. The molecule has 1 amide bonds. The van der Waals surface area contributed by atoms with Gasteiger partial charge in [-0.25, -0.2) is 0 Å². The number of hydrogen-bond donors (Lipinski definition) is 2. The first-order valence-corrected chi connectivity index (χ1v) is 4.78. The number of amides is 1. The molecule has 1 atom stereocenters. The Kier molecular flexibility index (Phi) is 4.99. The van der Waals surface area contributed by atoms with Crippen molar-refractivity contribution in [1.82, 2.24) is 5.32 Å². The Hall–Kier alpha value is -0.570. The zero-order chi connectivity index (χ0) is 10.5. The SMILES string of the molecule is CC(NC(=O)CCCO)C(C)(C)C. The third-order valence-electron chi connectivity index (χ3n) is 2.24. The average molecular weight is 187 g/mol. The molecule has 78 valence electrons. The predicted molar refractivity (Wildman–Crippen MR) is 53.4 cm³/mol. The summed E-state index contributed by atoms with van der Waals surface area (Å²) in [4.78, 5) is 11.2. The summed E-state index contributed by atoms with van der Waals surface area (Å²) in [6, 6.07) is 0.165. The zero-order valence-corrected chi connectivity index (χ0v) is 9.05. The molecule has 0 heterocycles. The van der Waals surface area contributed by atoms with Crippen molar-refractivity contribution >= 4 is 5.91 Å². The molecule has 0 radical (unpaired) electrons. The summed E-state index contributed by atoms with van der Waals surface area (Å²) >= 11 is 0. The minimum Gasteiger partial charge on any atom is -0.396 e. The number of carbonyl (C=O) groups is 1. The molecular formula is C10H21NO2. The van der Waals surface area contributed by atoms with E-state index in [0.29, 0.717) is 12.8 Å². The molecule has 2 N–H and O–H groups in total. The highest BCUT2D eigenvalue weighted by Gasteiger charge is 2.21. The van der Waals surface area contributed by atoms with E-state index in [1.165, 1.54) is 0 Å². The van der Waals surface area contributed by atoms with E-state index in [1.807, 2.05) is 6.92 Å². The number of aliphatic hydroxyl groups excluding tert-OH is 1. The molecule has 0 aliphatic carbocycles. The van der Waals surface area contributed by atoms with Crippen LogP contribution in [0.25, 0.3) is 0 Å². The van der Waals surface area contributed by atoms with Crippen LogP contribution in [0.4, 0.5) is 0 Å². The fraction of sp³-hybridized carbons (Fsp3) is 0.900. The molecule has 1 unspecified atom stereocenters. The van der Waals surface area contributed by atoms with Crippen LogP contribution < -0.4 is 5.32 Å². The number of aliphatic hydroxyl groups is 1. The molecule has 0 saturated heterocycles. The van der Waals surface area contributed by atoms with Crippen molar-refractivity contribution < 1.29 is 9.90 Å². The maximum absolute atomic E-state index is 11.2. The molecule has 0 aromatic rings. The summed E-state index contributed by atoms with van der Waals surface area (Å²) in [5, 5.41) is 11.4. The van der Waals surface area contributed by atoms with Crippen LogP contribution in [0, 0.1) is 5.41 Å². The van der Waals surface area contributed by atoms with Gasteiger partial charge in [0.1, 0.15) is 0 Å². The van der Waals surface area contributed by atoms with Crippen LogP contribution in [-0.2, 0) is 4.79 Å². The maximum Gasteiger partial charge on any atom is 0.220 e. The molecule has 13 heavy (non-hydrogen) atoms. The second-order valence-electron chi connectivity index (χ2n) is 4.48. The van der Waals surface area contributed by atoms with Crippen molar-refractivity contribution in [2.45, 2.75) is 46.6 Å². The molecule has 0 rings (SSSR count). The van der Waals surface area contributed by atoms with E-state index < -0.39 is 0 Å². The highest BCUT2D eigenvalue weighted by Crippen LogP contribution is 2.18. The molecule has 0 aromatic heterocycles. The van der Waals surface area contributed by atoms with Crippen LogP contribution in [0.3, 0.4) is 0 Å². The van der Waals surface area contributed by atoms with Gasteiger partial charge in [-0.15, -0.1) is 0 Å². The number of nitrogens with one attached hydrogen (secondary N) is 1. The van der Waals surface area contributed by atoms with E-state index in [4.69, 9.17) is 5.11 Å². The Bertz CT molecular complexity index is 161. The van der Waals surface area contributed by atoms with Crippen LogP contribution in [0.1, 0.15) is 40.5 Å². The molecule has 0 bridgehead atoms. The lowest BCUT2D eigenvalue weighted by atomic mass is 9.88. The molecule has 0 saturated carbocycles. The third-order valence-corrected chi connectivity index (χ3v) is 2.24. The van der Waals surface area contributed by atoms with Crippen molar-refractivity contribution in [1.29, 1.82) is 0 Å². The quantitative estimate of drug-likeness (QED) is 0.697. The molecule has 0 aliphatic rings. The van der Waals surface area contributed by atoms with E-state index in [1.54, 1.807) is 0 Å². The summed E-state index contributed by atoms with van der Waals surface area (Å²) in [6.45, 7) is 8.34. The highest BCUT2D eigenvalue weighted by atomic mass is 16.3. The Morgan fingerprint density at radius 1 is 1.46 bits per heavy atom. The zero-order valence-electron chi connectivity index (χ0n) is 9.05. The second kappa shape index (κ2) is 5.22. The lowest BCUT2D eigenvalue weighted by Crippen LogP contribution is -2.41. The van der Waals surface area contributed by atoms with Gasteiger partial charge in [-0.1, -0.05) is 20.8 Å². The smallest absolute Gasteiger partial charge is 0.220 e. The van der Waals surface area contributed by atoms with Gasteiger partial charge >= 0.3 is 0 Å². The van der Waals surface area contributed by atoms with Crippen LogP contribution >= 0.6 is 0 Å². The lowest BCUT2D eigenvalue weighted by molar-refractivity contribution is -0.122. The van der Waals surface area contributed by atoms with Crippen LogP contribution in [0.5, 0.6) is 0 Å². The highest BCUT2D eigenvalue weighted by molar-refractivity contribution is 5.76. The fourth-order valence-electron chi connectivity index (χ4n) is 0.770. The van der Waals surface area contributed by atoms with E-state index in [-0.39, 0.29) is 24.0 Å². The minimum atomic E-state index is 0.0245. The number of hydrogen-bond acceptors (Lipinski definition) is 2. The van der Waals surface area contributed by atoms with Gasteiger partial charge in [0.15, 0.2) is 0 Å². The largest absolute Gasteiger partial charge is 0.396 e. The minimum absolute atomic E-state index is 0.0245. The van der Waals surface area contributed by atoms with Crippen molar-refractivity contribution in [3.63, 3.8) is 0 Å². The van der Waals surface area contributed by atoms with Crippen LogP contribution in [-0.4, -0.2) is 23.7 Å². The number of carbonyl (C=O) groups excluding carboxylic acids is 1. The Labute approximate surface area is 80.5 Å². The van der Waals surface area contributed by atoms with Gasteiger partial charge in [-0.05, 0) is 18.8 Å². The van der Waals surface area contributed by atoms with Gasteiger partial charge in [0.2, 0.25) is 5.91 Å². The molecule has 0 aromatic carbocycles. The summed E-state index contributed by atoms with van der Waals surface area (Å²) in [7, 11) is 0. The molecular weight excluding hydrogens is 166 g/mol. The lowest BCUT2D eigenvalue weighted by Gasteiger charge is -2.28. The summed E-state index contributed by atoms with van der Waals surface area (Å²) in [5.74, 6) is 0.0245. The molecule has 0 aliphatic heterocycles. The first-order valence-electron chi connectivity index (χ1n) is 4.78. The molecule has 0 fully saturated rings. The first kappa shape index (κ1) is 12.4. The maximum atomic E-state index is 11.2. The number of rotatable bonds is 4. The van der Waals surface area contributed by atoms with Crippen LogP contribution in [0.15, 0.2) is 0 Å². The third kappa shape index (κ3) is 5.64. The Balaban J connectivity index is 3.79. The van der Waals surface area contributed by atoms with Crippen molar-refractivity contribution in [2.24, 2.45) is 5.41 Å². The van der Waals surface area contributed by atoms with E-state index >= 15 is 0 Å². The Morgan fingerprint density at radius 3 is 2.38 bits per heavy atom. The standard InChI is InChI=1S/C10H21NO2/c1-8(10(2,3)4)11-9(13)6-5-7-12/h8,12H,5-7H2,1-4H3,(H,11,13).